The van der Waals surface area contributed by atoms with Gasteiger partial charge in [-0.2, -0.15) is 15.0 Å². The van der Waals surface area contributed by atoms with E-state index in [2.05, 4.69) is 21.9 Å². The monoisotopic (exact) mass is 389 g/mol. The summed E-state index contributed by atoms with van der Waals surface area (Å²) in [6.45, 7) is 4.65. The number of rotatable bonds is 11. The molecule has 2 atom stereocenters. The molecule has 154 valence electrons. The van der Waals surface area contributed by atoms with E-state index in [9.17, 15) is 0 Å². The van der Waals surface area contributed by atoms with Gasteiger partial charge in [-0.05, 0) is 44.7 Å². The smallest absolute Gasteiger partial charge is 0.225 e. The first-order valence-corrected chi connectivity index (χ1v) is 9.51. The molecule has 4 N–H and O–H groups in total. The molecule has 1 aromatic carbocycles. The molecule has 1 aromatic heterocycles. The van der Waals surface area contributed by atoms with Gasteiger partial charge < -0.3 is 25.7 Å². The third-order valence-corrected chi connectivity index (χ3v) is 4.64. The van der Waals surface area contributed by atoms with Gasteiger partial charge in [0.2, 0.25) is 11.9 Å². The van der Waals surface area contributed by atoms with Gasteiger partial charge >= 0.3 is 0 Å². The standard InChI is InChI=1S/C20H31N5O3/c1-13(26-3)6-5-7-15-8-9-16(18-23-19(21)25-20(22)24-18)12-17(15)28-11-10-14(2)27-4/h8-9,12-14H,5-7,10-11H2,1-4H3,(H4,21,22,23,24,25). The maximum Gasteiger partial charge on any atom is 0.225 e. The molecule has 0 saturated heterocycles. The number of methoxy groups -OCH3 is 2. The van der Waals surface area contributed by atoms with Crippen molar-refractivity contribution >= 4 is 11.9 Å². The third kappa shape index (κ3) is 6.61. The van der Waals surface area contributed by atoms with E-state index in [-0.39, 0.29) is 24.1 Å². The van der Waals surface area contributed by atoms with Gasteiger partial charge in [0.15, 0.2) is 5.82 Å². The number of aryl methyl sites for hydroxylation is 1. The Labute approximate surface area is 166 Å². The molecule has 0 spiro atoms. The molecule has 0 saturated carbocycles. The molecule has 1 heterocycles. The second kappa shape index (κ2) is 10.8. The topological polar surface area (TPSA) is 118 Å². The predicted octanol–water partition coefficient (Wildman–Crippen LogP) is 2.86. The number of nitrogen functional groups attached to an aromatic ring is 2. The number of ether oxygens (including phenoxy) is 3. The van der Waals surface area contributed by atoms with Crippen molar-refractivity contribution in [2.75, 3.05) is 32.3 Å². The van der Waals surface area contributed by atoms with E-state index in [0.717, 1.165) is 42.6 Å². The first kappa shape index (κ1) is 21.8. The van der Waals surface area contributed by atoms with Crippen LogP contribution >= 0.6 is 0 Å². The molecule has 28 heavy (non-hydrogen) atoms. The number of nitrogens with zero attached hydrogens (tertiary/aromatic N) is 3. The van der Waals surface area contributed by atoms with Crippen molar-refractivity contribution in [2.45, 2.75) is 51.7 Å². The lowest BCUT2D eigenvalue weighted by atomic mass is 10.0. The lowest BCUT2D eigenvalue weighted by molar-refractivity contribution is 0.0953. The van der Waals surface area contributed by atoms with Crippen LogP contribution in [-0.2, 0) is 15.9 Å². The Morgan fingerprint density at radius 2 is 1.57 bits per heavy atom. The van der Waals surface area contributed by atoms with Crippen LogP contribution in [0.25, 0.3) is 11.4 Å². The second-order valence-corrected chi connectivity index (χ2v) is 6.82. The zero-order valence-electron chi connectivity index (χ0n) is 17.1. The summed E-state index contributed by atoms with van der Waals surface area (Å²) >= 11 is 0. The molecule has 2 unspecified atom stereocenters. The lowest BCUT2D eigenvalue weighted by Crippen LogP contribution is -2.11. The Hall–Kier alpha value is -2.45. The van der Waals surface area contributed by atoms with Crippen LogP contribution in [0.5, 0.6) is 5.75 Å². The number of hydrogen-bond donors (Lipinski definition) is 2. The highest BCUT2D eigenvalue weighted by molar-refractivity contribution is 5.61. The summed E-state index contributed by atoms with van der Waals surface area (Å²) < 4.78 is 16.7. The summed E-state index contributed by atoms with van der Waals surface area (Å²) in [5.74, 6) is 1.43. The minimum Gasteiger partial charge on any atom is -0.493 e. The molecule has 0 aliphatic heterocycles. The van der Waals surface area contributed by atoms with Gasteiger partial charge in [-0.25, -0.2) is 0 Å². The molecular weight excluding hydrogens is 358 g/mol. The molecule has 0 aliphatic carbocycles. The molecule has 0 amide bonds. The zero-order valence-corrected chi connectivity index (χ0v) is 17.1. The molecular formula is C20H31N5O3. The van der Waals surface area contributed by atoms with Crippen molar-refractivity contribution < 1.29 is 14.2 Å². The van der Waals surface area contributed by atoms with E-state index in [4.69, 9.17) is 25.7 Å². The van der Waals surface area contributed by atoms with Gasteiger partial charge in [0.1, 0.15) is 5.75 Å². The minimum absolute atomic E-state index is 0.0940. The van der Waals surface area contributed by atoms with Crippen molar-refractivity contribution in [3.63, 3.8) is 0 Å². The number of anilines is 2. The summed E-state index contributed by atoms with van der Waals surface area (Å²) in [6.07, 6.45) is 4.06. The van der Waals surface area contributed by atoms with Gasteiger partial charge in [-0.15, -0.1) is 0 Å². The van der Waals surface area contributed by atoms with Crippen molar-refractivity contribution in [3.05, 3.63) is 23.8 Å². The SMILES string of the molecule is COC(C)CCCc1ccc(-c2nc(N)nc(N)n2)cc1OCCC(C)OC. The molecule has 0 radical (unpaired) electrons. The number of benzene rings is 1. The van der Waals surface area contributed by atoms with Gasteiger partial charge in [-0.1, -0.05) is 12.1 Å². The van der Waals surface area contributed by atoms with Gasteiger partial charge in [-0.3, -0.25) is 0 Å². The fraction of sp³-hybridized carbons (Fsp3) is 0.550. The molecule has 8 heteroatoms. The van der Waals surface area contributed by atoms with Crippen molar-refractivity contribution in [1.82, 2.24) is 15.0 Å². The highest BCUT2D eigenvalue weighted by atomic mass is 16.5. The van der Waals surface area contributed by atoms with E-state index >= 15 is 0 Å². The Morgan fingerprint density at radius 3 is 2.21 bits per heavy atom. The first-order valence-electron chi connectivity index (χ1n) is 9.51. The Kier molecular flexibility index (Phi) is 8.41. The molecule has 0 bridgehead atoms. The largest absolute Gasteiger partial charge is 0.493 e. The quantitative estimate of drug-likeness (QED) is 0.602. The van der Waals surface area contributed by atoms with Crippen LogP contribution in [0.3, 0.4) is 0 Å². The average Bonchev–Trinajstić information content (AvgIpc) is 2.67. The Bertz CT molecular complexity index is 736. The minimum atomic E-state index is 0.0940. The highest BCUT2D eigenvalue weighted by Crippen LogP contribution is 2.28. The van der Waals surface area contributed by atoms with Crippen molar-refractivity contribution in [1.29, 1.82) is 0 Å². The number of nitrogens with two attached hydrogens (primary N) is 2. The van der Waals surface area contributed by atoms with Gasteiger partial charge in [0, 0.05) is 26.2 Å². The van der Waals surface area contributed by atoms with Crippen LogP contribution in [-0.4, -0.2) is 48.0 Å². The molecule has 0 aliphatic rings. The lowest BCUT2D eigenvalue weighted by Gasteiger charge is -2.16. The Balaban J connectivity index is 2.20. The fourth-order valence-corrected chi connectivity index (χ4v) is 2.72. The summed E-state index contributed by atoms with van der Waals surface area (Å²) in [5, 5.41) is 0. The van der Waals surface area contributed by atoms with E-state index in [0.29, 0.717) is 12.4 Å². The van der Waals surface area contributed by atoms with E-state index in [1.54, 1.807) is 14.2 Å². The second-order valence-electron chi connectivity index (χ2n) is 6.82. The van der Waals surface area contributed by atoms with Crippen LogP contribution in [0.4, 0.5) is 11.9 Å². The molecule has 2 rings (SSSR count). The summed E-state index contributed by atoms with van der Waals surface area (Å²) in [7, 11) is 3.43. The van der Waals surface area contributed by atoms with Crippen LogP contribution in [0.15, 0.2) is 18.2 Å². The van der Waals surface area contributed by atoms with Crippen molar-refractivity contribution in [2.24, 2.45) is 0 Å². The Morgan fingerprint density at radius 1 is 0.929 bits per heavy atom. The van der Waals surface area contributed by atoms with Gasteiger partial charge in [0.25, 0.3) is 0 Å². The van der Waals surface area contributed by atoms with Crippen LogP contribution in [0, 0.1) is 0 Å². The van der Waals surface area contributed by atoms with Crippen LogP contribution < -0.4 is 16.2 Å². The molecule has 2 aromatic rings. The fourth-order valence-electron chi connectivity index (χ4n) is 2.72. The highest BCUT2D eigenvalue weighted by Gasteiger charge is 2.12. The van der Waals surface area contributed by atoms with Crippen LogP contribution in [0.1, 0.15) is 38.7 Å². The van der Waals surface area contributed by atoms with Crippen molar-refractivity contribution in [3.8, 4) is 17.1 Å². The van der Waals surface area contributed by atoms with E-state index in [1.165, 1.54) is 0 Å². The summed E-state index contributed by atoms with van der Waals surface area (Å²) in [5.41, 5.74) is 13.3. The predicted molar refractivity (Wildman–Crippen MR) is 110 cm³/mol. The summed E-state index contributed by atoms with van der Waals surface area (Å²) in [4.78, 5) is 12.2. The van der Waals surface area contributed by atoms with Crippen LogP contribution in [0.2, 0.25) is 0 Å². The first-order chi connectivity index (χ1) is 13.4. The normalized spacial score (nSPS) is 13.3. The van der Waals surface area contributed by atoms with E-state index in [1.807, 2.05) is 25.1 Å². The number of aromatic nitrogens is 3. The third-order valence-electron chi connectivity index (χ3n) is 4.64. The molecule has 0 fully saturated rings. The maximum atomic E-state index is 6.07. The summed E-state index contributed by atoms with van der Waals surface area (Å²) in [6, 6.07) is 5.92. The molecule has 8 nitrogen and oxygen atoms in total. The van der Waals surface area contributed by atoms with Gasteiger partial charge in [0.05, 0.1) is 18.8 Å². The van der Waals surface area contributed by atoms with E-state index < -0.39 is 0 Å². The number of hydrogen-bond acceptors (Lipinski definition) is 8. The average molecular weight is 390 g/mol. The maximum absolute atomic E-state index is 6.07. The zero-order chi connectivity index (χ0) is 20.5.